The molecule has 2 aromatic rings. The molecule has 1 heterocycles. The molecule has 5 heteroatoms. The lowest BCUT2D eigenvalue weighted by Gasteiger charge is -2.17. The molecule has 0 radical (unpaired) electrons. The van der Waals surface area contributed by atoms with Gasteiger partial charge in [0.15, 0.2) is 0 Å². The standard InChI is InChI=1S/C21H24N2O3/c1-3-23(4-2)12-11-22-20-17-8-6-5-7-16(17)14-26-19-10-9-15(21(24)25)13-18(19)20/h5-10,13H,3-4,11-12,14H2,1-2H3,(H,24,25)/b22-20-. The number of aliphatic imine (C=N–C) groups is 1. The number of benzene rings is 2. The molecule has 1 aliphatic heterocycles. The first-order valence-electron chi connectivity index (χ1n) is 8.99. The topological polar surface area (TPSA) is 62.1 Å². The van der Waals surface area contributed by atoms with Crippen molar-refractivity contribution in [2.75, 3.05) is 26.2 Å². The number of carboxylic acid groups (broad SMARTS) is 1. The molecular formula is C21H24N2O3. The van der Waals surface area contributed by atoms with Gasteiger partial charge < -0.3 is 14.7 Å². The van der Waals surface area contributed by atoms with Crippen LogP contribution in [0.1, 0.15) is 40.9 Å². The molecule has 5 nitrogen and oxygen atoms in total. The van der Waals surface area contributed by atoms with E-state index in [0.717, 1.165) is 42.0 Å². The van der Waals surface area contributed by atoms with Gasteiger partial charge in [0.05, 0.1) is 17.8 Å². The Morgan fingerprint density at radius 3 is 2.65 bits per heavy atom. The SMILES string of the molecule is CCN(CC)CC/N=C1/c2ccccc2COc2ccc(C(=O)O)cc21. The lowest BCUT2D eigenvalue weighted by molar-refractivity contribution is 0.0697. The molecular weight excluding hydrogens is 328 g/mol. The summed E-state index contributed by atoms with van der Waals surface area (Å²) >= 11 is 0. The predicted molar refractivity (Wildman–Crippen MR) is 102 cm³/mol. The first kappa shape index (κ1) is 18.1. The third-order valence-electron chi connectivity index (χ3n) is 4.72. The molecule has 0 unspecified atom stereocenters. The van der Waals surface area contributed by atoms with E-state index in [1.54, 1.807) is 18.2 Å². The zero-order valence-electron chi connectivity index (χ0n) is 15.2. The van der Waals surface area contributed by atoms with E-state index in [0.29, 0.717) is 18.9 Å². The maximum Gasteiger partial charge on any atom is 0.335 e. The van der Waals surface area contributed by atoms with E-state index in [2.05, 4.69) is 18.7 Å². The molecule has 1 N–H and O–H groups in total. The lowest BCUT2D eigenvalue weighted by atomic mass is 9.97. The largest absolute Gasteiger partial charge is 0.488 e. The normalized spacial score (nSPS) is 14.5. The molecule has 0 atom stereocenters. The van der Waals surface area contributed by atoms with E-state index >= 15 is 0 Å². The van der Waals surface area contributed by atoms with Crippen molar-refractivity contribution in [3.05, 3.63) is 64.7 Å². The van der Waals surface area contributed by atoms with Crippen LogP contribution in [0.5, 0.6) is 5.75 Å². The van der Waals surface area contributed by atoms with Crippen LogP contribution in [0.4, 0.5) is 0 Å². The van der Waals surface area contributed by atoms with E-state index in [1.165, 1.54) is 0 Å². The van der Waals surface area contributed by atoms with E-state index in [1.807, 2.05) is 24.3 Å². The third kappa shape index (κ3) is 3.78. The maximum atomic E-state index is 11.4. The minimum atomic E-state index is -0.951. The Morgan fingerprint density at radius 2 is 1.92 bits per heavy atom. The second-order valence-electron chi connectivity index (χ2n) is 6.22. The highest BCUT2D eigenvalue weighted by atomic mass is 16.5. The number of carboxylic acids is 1. The van der Waals surface area contributed by atoms with Crippen LogP contribution in [0.25, 0.3) is 0 Å². The lowest BCUT2D eigenvalue weighted by Crippen LogP contribution is -2.26. The van der Waals surface area contributed by atoms with Crippen LogP contribution in [0.15, 0.2) is 47.5 Å². The molecule has 0 saturated heterocycles. The minimum Gasteiger partial charge on any atom is -0.488 e. The van der Waals surface area contributed by atoms with Gasteiger partial charge in [0, 0.05) is 17.7 Å². The van der Waals surface area contributed by atoms with Crippen molar-refractivity contribution < 1.29 is 14.6 Å². The Kier molecular flexibility index (Phi) is 5.68. The summed E-state index contributed by atoms with van der Waals surface area (Å²) in [4.78, 5) is 18.6. The molecule has 0 aromatic heterocycles. The van der Waals surface area contributed by atoms with Crippen molar-refractivity contribution >= 4 is 11.7 Å². The summed E-state index contributed by atoms with van der Waals surface area (Å²) in [6.07, 6.45) is 0. The highest BCUT2D eigenvalue weighted by Crippen LogP contribution is 2.30. The highest BCUT2D eigenvalue weighted by molar-refractivity contribution is 6.16. The number of aromatic carboxylic acids is 1. The van der Waals surface area contributed by atoms with Gasteiger partial charge >= 0.3 is 5.97 Å². The Bertz CT molecular complexity index is 826. The smallest absolute Gasteiger partial charge is 0.335 e. The summed E-state index contributed by atoms with van der Waals surface area (Å²) in [7, 11) is 0. The zero-order chi connectivity index (χ0) is 18.5. The van der Waals surface area contributed by atoms with E-state index in [4.69, 9.17) is 9.73 Å². The van der Waals surface area contributed by atoms with Crippen LogP contribution < -0.4 is 4.74 Å². The fraction of sp³-hybridized carbons (Fsp3) is 0.333. The summed E-state index contributed by atoms with van der Waals surface area (Å²) in [5.41, 5.74) is 3.86. The van der Waals surface area contributed by atoms with Crippen LogP contribution in [-0.2, 0) is 6.61 Å². The number of hydrogen-bond acceptors (Lipinski definition) is 4. The van der Waals surface area contributed by atoms with Crippen molar-refractivity contribution in [1.29, 1.82) is 0 Å². The number of hydrogen-bond donors (Lipinski definition) is 1. The van der Waals surface area contributed by atoms with Gasteiger partial charge in [0.1, 0.15) is 12.4 Å². The molecule has 26 heavy (non-hydrogen) atoms. The van der Waals surface area contributed by atoms with Crippen molar-refractivity contribution in [3.63, 3.8) is 0 Å². The van der Waals surface area contributed by atoms with Gasteiger partial charge in [-0.25, -0.2) is 4.79 Å². The first-order valence-corrected chi connectivity index (χ1v) is 8.99. The predicted octanol–water partition coefficient (Wildman–Crippen LogP) is 3.46. The molecule has 0 amide bonds. The Morgan fingerprint density at radius 1 is 1.15 bits per heavy atom. The van der Waals surface area contributed by atoms with Crippen molar-refractivity contribution in [3.8, 4) is 5.75 Å². The summed E-state index contributed by atoms with van der Waals surface area (Å²) < 4.78 is 5.93. The molecule has 2 aromatic carbocycles. The molecule has 0 saturated carbocycles. The molecule has 0 bridgehead atoms. The fourth-order valence-electron chi connectivity index (χ4n) is 3.17. The van der Waals surface area contributed by atoms with E-state index in [9.17, 15) is 9.90 Å². The first-order chi connectivity index (χ1) is 12.6. The van der Waals surface area contributed by atoms with Gasteiger partial charge in [-0.05, 0) is 36.9 Å². The summed E-state index contributed by atoms with van der Waals surface area (Å²) in [6, 6.07) is 13.0. The highest BCUT2D eigenvalue weighted by Gasteiger charge is 2.21. The van der Waals surface area contributed by atoms with E-state index in [-0.39, 0.29) is 5.56 Å². The monoisotopic (exact) mass is 352 g/mol. The number of likely N-dealkylation sites (N-methyl/N-ethyl adjacent to an activating group) is 1. The van der Waals surface area contributed by atoms with E-state index < -0.39 is 5.97 Å². The molecule has 136 valence electrons. The van der Waals surface area contributed by atoms with Crippen LogP contribution in [0, 0.1) is 0 Å². The van der Waals surface area contributed by atoms with Crippen LogP contribution in [0.3, 0.4) is 0 Å². The van der Waals surface area contributed by atoms with Crippen molar-refractivity contribution in [1.82, 2.24) is 4.90 Å². The summed E-state index contributed by atoms with van der Waals surface area (Å²) in [5, 5.41) is 9.36. The van der Waals surface area contributed by atoms with Gasteiger partial charge in [-0.15, -0.1) is 0 Å². The molecule has 1 aliphatic rings. The quantitative estimate of drug-likeness (QED) is 0.865. The van der Waals surface area contributed by atoms with Crippen LogP contribution >= 0.6 is 0 Å². The minimum absolute atomic E-state index is 0.239. The second-order valence-corrected chi connectivity index (χ2v) is 6.22. The number of nitrogens with zero attached hydrogens (tertiary/aromatic N) is 2. The van der Waals surface area contributed by atoms with Gasteiger partial charge in [-0.2, -0.15) is 0 Å². The maximum absolute atomic E-state index is 11.4. The molecule has 0 fully saturated rings. The molecule has 3 rings (SSSR count). The number of rotatable bonds is 6. The number of fused-ring (bicyclic) bond motifs is 2. The van der Waals surface area contributed by atoms with Crippen molar-refractivity contribution in [2.24, 2.45) is 4.99 Å². The van der Waals surface area contributed by atoms with Gasteiger partial charge in [0.25, 0.3) is 0 Å². The van der Waals surface area contributed by atoms with Gasteiger partial charge in [-0.3, -0.25) is 4.99 Å². The number of carbonyl (C=O) groups is 1. The second kappa shape index (κ2) is 8.15. The summed E-state index contributed by atoms with van der Waals surface area (Å²) in [5.74, 6) is -0.277. The Balaban J connectivity index is 2.05. The fourth-order valence-corrected chi connectivity index (χ4v) is 3.17. The Labute approximate surface area is 153 Å². The Hall–Kier alpha value is -2.66. The van der Waals surface area contributed by atoms with Gasteiger partial charge in [0.2, 0.25) is 0 Å². The number of ether oxygens (including phenoxy) is 1. The summed E-state index contributed by atoms with van der Waals surface area (Å²) in [6.45, 7) is 8.22. The average Bonchev–Trinajstić information content (AvgIpc) is 2.82. The average molecular weight is 352 g/mol. The van der Waals surface area contributed by atoms with Gasteiger partial charge in [-0.1, -0.05) is 38.1 Å². The third-order valence-corrected chi connectivity index (χ3v) is 4.72. The molecule has 0 aliphatic carbocycles. The van der Waals surface area contributed by atoms with Crippen molar-refractivity contribution in [2.45, 2.75) is 20.5 Å². The van der Waals surface area contributed by atoms with Crippen LogP contribution in [-0.4, -0.2) is 47.9 Å². The van der Waals surface area contributed by atoms with Crippen LogP contribution in [0.2, 0.25) is 0 Å². The molecule has 0 spiro atoms. The zero-order valence-corrected chi connectivity index (χ0v) is 15.2.